The van der Waals surface area contributed by atoms with E-state index in [-0.39, 0.29) is 18.1 Å². The van der Waals surface area contributed by atoms with E-state index in [1.165, 1.54) is 6.07 Å². The third-order valence-corrected chi connectivity index (χ3v) is 6.47. The number of anilines is 1. The summed E-state index contributed by atoms with van der Waals surface area (Å²) in [4.78, 5) is 31.6. The van der Waals surface area contributed by atoms with Gasteiger partial charge in [-0.2, -0.15) is 0 Å². The minimum Gasteiger partial charge on any atom is -0.489 e. The number of carbonyl (C=O) groups excluding carboxylic acids is 2. The van der Waals surface area contributed by atoms with Crippen molar-refractivity contribution in [2.75, 3.05) is 44.7 Å². The molecule has 2 aliphatic heterocycles. The van der Waals surface area contributed by atoms with Gasteiger partial charge in [0.2, 0.25) is 11.8 Å². The molecule has 2 aliphatic rings. The van der Waals surface area contributed by atoms with Crippen molar-refractivity contribution in [2.24, 2.45) is 5.92 Å². The number of nitrogens with one attached hydrogen (secondary N) is 1. The van der Waals surface area contributed by atoms with E-state index in [0.29, 0.717) is 32.7 Å². The summed E-state index contributed by atoms with van der Waals surface area (Å²) in [5, 5.41) is 9.31. The van der Waals surface area contributed by atoms with Gasteiger partial charge in [-0.3, -0.25) is 19.7 Å². The Morgan fingerprint density at radius 2 is 1.74 bits per heavy atom. The molecule has 2 fully saturated rings. The molecular weight excluding hydrogens is 446 g/mol. The van der Waals surface area contributed by atoms with Crippen molar-refractivity contribution in [1.82, 2.24) is 15.3 Å². The lowest BCUT2D eigenvalue weighted by Crippen LogP contribution is -2.62. The Morgan fingerprint density at radius 1 is 1.03 bits per heavy atom. The zero-order valence-electron chi connectivity index (χ0n) is 18.9. The van der Waals surface area contributed by atoms with Crippen molar-refractivity contribution < 1.29 is 28.3 Å². The zero-order chi connectivity index (χ0) is 24.2. The van der Waals surface area contributed by atoms with Crippen LogP contribution in [-0.2, 0) is 9.59 Å². The van der Waals surface area contributed by atoms with Crippen molar-refractivity contribution in [3.63, 3.8) is 0 Å². The van der Waals surface area contributed by atoms with Gasteiger partial charge in [-0.05, 0) is 37.7 Å². The molecule has 0 saturated carbocycles. The molecular formula is C24H28F2N4O4. The highest BCUT2D eigenvalue weighted by Crippen LogP contribution is 2.29. The number of ether oxygens (including phenoxy) is 1. The number of hydroxylamine groups is 1. The average Bonchev–Trinajstić information content (AvgIpc) is 2.85. The van der Waals surface area contributed by atoms with Crippen LogP contribution in [0.2, 0.25) is 0 Å². The number of carbonyl (C=O) groups is 2. The molecule has 0 aromatic heterocycles. The quantitative estimate of drug-likeness (QED) is 0.509. The van der Waals surface area contributed by atoms with Gasteiger partial charge in [0.15, 0.2) is 11.6 Å². The van der Waals surface area contributed by atoms with Crippen LogP contribution in [0.4, 0.5) is 14.5 Å². The number of rotatable bonds is 5. The standard InChI is InChI=1S/C24H28F2N4O4/c1-28-15-18(34-17-7-8-20(25)21(26)14-17)13-19(23(31)27-33)22(28)24(32)30-11-9-29(10-12-30)16-5-3-2-4-6-16/h2-8,14,18-19,22,33H,9-13,15H2,1H3,(H,27,31). The third-order valence-electron chi connectivity index (χ3n) is 6.47. The molecule has 34 heavy (non-hydrogen) atoms. The van der Waals surface area contributed by atoms with Gasteiger partial charge in [0.05, 0.1) is 5.92 Å². The Balaban J connectivity index is 1.44. The fourth-order valence-electron chi connectivity index (χ4n) is 4.76. The van der Waals surface area contributed by atoms with E-state index in [1.54, 1.807) is 22.3 Å². The first-order valence-corrected chi connectivity index (χ1v) is 11.2. The second kappa shape index (κ2) is 10.4. The maximum Gasteiger partial charge on any atom is 0.248 e. The fraction of sp³-hybridized carbons (Fsp3) is 0.417. The van der Waals surface area contributed by atoms with E-state index in [9.17, 15) is 23.6 Å². The van der Waals surface area contributed by atoms with Crippen LogP contribution in [0.3, 0.4) is 0 Å². The Hall–Kier alpha value is -3.24. The second-order valence-electron chi connectivity index (χ2n) is 8.67. The van der Waals surface area contributed by atoms with Crippen LogP contribution in [0.1, 0.15) is 6.42 Å². The van der Waals surface area contributed by atoms with Crippen molar-refractivity contribution in [2.45, 2.75) is 18.6 Å². The van der Waals surface area contributed by atoms with Crippen LogP contribution in [0.15, 0.2) is 48.5 Å². The molecule has 8 nitrogen and oxygen atoms in total. The molecule has 0 spiro atoms. The summed E-state index contributed by atoms with van der Waals surface area (Å²) in [5.74, 6) is -3.64. The smallest absolute Gasteiger partial charge is 0.248 e. The molecule has 3 atom stereocenters. The number of hydrogen-bond donors (Lipinski definition) is 2. The van der Waals surface area contributed by atoms with Crippen molar-refractivity contribution >= 4 is 17.5 Å². The van der Waals surface area contributed by atoms with Gasteiger partial charge in [0.25, 0.3) is 0 Å². The van der Waals surface area contributed by atoms with Gasteiger partial charge in [-0.25, -0.2) is 14.3 Å². The molecule has 0 bridgehead atoms. The molecule has 0 aliphatic carbocycles. The molecule has 2 aromatic carbocycles. The lowest BCUT2D eigenvalue weighted by molar-refractivity contribution is -0.151. The van der Waals surface area contributed by atoms with E-state index >= 15 is 0 Å². The number of nitrogens with zero attached hydrogens (tertiary/aromatic N) is 3. The normalized spacial score (nSPS) is 23.5. The maximum absolute atomic E-state index is 13.6. The minimum absolute atomic E-state index is 0.127. The summed E-state index contributed by atoms with van der Waals surface area (Å²) >= 11 is 0. The van der Waals surface area contributed by atoms with Crippen LogP contribution in [0, 0.1) is 17.6 Å². The second-order valence-corrected chi connectivity index (χ2v) is 8.67. The number of likely N-dealkylation sites (tertiary alicyclic amines) is 1. The van der Waals surface area contributed by atoms with Gasteiger partial charge in [0.1, 0.15) is 17.9 Å². The van der Waals surface area contributed by atoms with Gasteiger partial charge in [-0.15, -0.1) is 0 Å². The van der Waals surface area contributed by atoms with Crippen LogP contribution >= 0.6 is 0 Å². The monoisotopic (exact) mass is 474 g/mol. The van der Waals surface area contributed by atoms with E-state index in [1.807, 2.05) is 30.3 Å². The molecule has 4 rings (SSSR count). The summed E-state index contributed by atoms with van der Waals surface area (Å²) in [6.45, 7) is 2.67. The predicted molar refractivity (Wildman–Crippen MR) is 120 cm³/mol. The Morgan fingerprint density at radius 3 is 2.38 bits per heavy atom. The number of piperazine rings is 1. The third kappa shape index (κ3) is 5.13. The van der Waals surface area contributed by atoms with E-state index in [2.05, 4.69) is 4.90 Å². The number of hydrogen-bond acceptors (Lipinski definition) is 6. The molecule has 3 unspecified atom stereocenters. The lowest BCUT2D eigenvalue weighted by atomic mass is 9.86. The Labute approximate surface area is 196 Å². The van der Waals surface area contributed by atoms with Crippen LogP contribution in [0.25, 0.3) is 0 Å². The van der Waals surface area contributed by atoms with Crippen molar-refractivity contribution in [1.29, 1.82) is 0 Å². The van der Waals surface area contributed by atoms with Gasteiger partial charge in [-0.1, -0.05) is 18.2 Å². The van der Waals surface area contributed by atoms with Crippen molar-refractivity contribution in [3.8, 4) is 5.75 Å². The minimum atomic E-state index is -1.03. The van der Waals surface area contributed by atoms with E-state index < -0.39 is 35.6 Å². The van der Waals surface area contributed by atoms with Crippen LogP contribution in [0.5, 0.6) is 5.75 Å². The van der Waals surface area contributed by atoms with Crippen LogP contribution < -0.4 is 15.1 Å². The highest BCUT2D eigenvalue weighted by atomic mass is 19.2. The molecule has 2 amide bonds. The van der Waals surface area contributed by atoms with E-state index in [0.717, 1.165) is 17.8 Å². The predicted octanol–water partition coefficient (Wildman–Crippen LogP) is 1.89. The highest BCUT2D eigenvalue weighted by Gasteiger charge is 2.45. The summed E-state index contributed by atoms with van der Waals surface area (Å²) in [7, 11) is 1.71. The van der Waals surface area contributed by atoms with Crippen molar-refractivity contribution in [3.05, 3.63) is 60.2 Å². The largest absolute Gasteiger partial charge is 0.489 e. The number of para-hydroxylation sites is 1. The SMILES string of the molecule is CN1CC(Oc2ccc(F)c(F)c2)CC(C(=O)NO)C1C(=O)N1CCN(c2ccccc2)CC1. The summed E-state index contributed by atoms with van der Waals surface area (Å²) < 4.78 is 32.6. The number of piperidine rings is 1. The van der Waals surface area contributed by atoms with Crippen LogP contribution in [-0.4, -0.2) is 78.7 Å². The number of benzene rings is 2. The van der Waals surface area contributed by atoms with E-state index in [4.69, 9.17) is 4.74 Å². The molecule has 2 heterocycles. The summed E-state index contributed by atoms with van der Waals surface area (Å²) in [6.07, 6.45) is -0.424. The molecule has 0 radical (unpaired) electrons. The Kier molecular flexibility index (Phi) is 7.28. The lowest BCUT2D eigenvalue weighted by Gasteiger charge is -2.44. The fourth-order valence-corrected chi connectivity index (χ4v) is 4.76. The molecule has 2 saturated heterocycles. The maximum atomic E-state index is 13.6. The Bertz CT molecular complexity index is 1020. The highest BCUT2D eigenvalue weighted by molar-refractivity contribution is 5.90. The number of likely N-dealkylation sites (N-methyl/N-ethyl adjacent to an activating group) is 1. The first-order chi connectivity index (χ1) is 16.4. The first-order valence-electron chi connectivity index (χ1n) is 11.2. The zero-order valence-corrected chi connectivity index (χ0v) is 18.9. The number of halogens is 2. The van der Waals surface area contributed by atoms with Gasteiger partial charge >= 0.3 is 0 Å². The van der Waals surface area contributed by atoms with Gasteiger partial charge < -0.3 is 14.5 Å². The molecule has 2 N–H and O–H groups in total. The molecule has 182 valence electrons. The topological polar surface area (TPSA) is 85.3 Å². The average molecular weight is 475 g/mol. The molecule has 10 heteroatoms. The number of amides is 2. The van der Waals surface area contributed by atoms with Gasteiger partial charge in [0, 0.05) is 44.5 Å². The summed E-state index contributed by atoms with van der Waals surface area (Å²) in [5.41, 5.74) is 2.76. The first kappa shape index (κ1) is 23.9. The summed E-state index contributed by atoms with van der Waals surface area (Å²) in [6, 6.07) is 12.4. The molecule has 2 aromatic rings.